The van der Waals surface area contributed by atoms with E-state index < -0.39 is 0 Å². The van der Waals surface area contributed by atoms with Crippen molar-refractivity contribution in [2.75, 3.05) is 11.5 Å². The maximum atomic E-state index is 9.25. The summed E-state index contributed by atoms with van der Waals surface area (Å²) in [6.07, 6.45) is 4.69. The van der Waals surface area contributed by atoms with E-state index in [4.69, 9.17) is 0 Å². The quantitative estimate of drug-likeness (QED) is 0.660. The molecule has 1 N–H and O–H groups in total. The van der Waals surface area contributed by atoms with Crippen LogP contribution < -0.4 is 0 Å². The predicted octanol–water partition coefficient (Wildman–Crippen LogP) is 2.29. The summed E-state index contributed by atoms with van der Waals surface area (Å²) in [7, 11) is 0. The summed E-state index contributed by atoms with van der Waals surface area (Å²) < 4.78 is 0. The first kappa shape index (κ1) is 9.40. The van der Waals surface area contributed by atoms with Crippen LogP contribution in [0.3, 0.4) is 0 Å². The van der Waals surface area contributed by atoms with Gasteiger partial charge < -0.3 is 5.11 Å². The van der Waals surface area contributed by atoms with E-state index in [2.05, 4.69) is 6.92 Å². The highest BCUT2D eigenvalue weighted by atomic mass is 32.2. The average Bonchev–Trinajstić information content (AvgIpc) is 2.37. The summed E-state index contributed by atoms with van der Waals surface area (Å²) >= 11 is 2.01. The molecule has 0 heterocycles. The van der Waals surface area contributed by atoms with Crippen molar-refractivity contribution in [2.24, 2.45) is 5.92 Å². The van der Waals surface area contributed by atoms with Gasteiger partial charge in [-0.3, -0.25) is 0 Å². The number of hydrogen-bond donors (Lipinski definition) is 1. The highest BCUT2D eigenvalue weighted by Crippen LogP contribution is 2.28. The van der Waals surface area contributed by atoms with Crippen LogP contribution in [0.4, 0.5) is 0 Å². The summed E-state index contributed by atoms with van der Waals surface area (Å²) in [6, 6.07) is 0. The van der Waals surface area contributed by atoms with Gasteiger partial charge >= 0.3 is 0 Å². The molecule has 0 aromatic carbocycles. The molecule has 0 radical (unpaired) electrons. The first-order chi connectivity index (χ1) is 5.33. The minimum Gasteiger partial charge on any atom is -0.393 e. The Morgan fingerprint density at radius 2 is 2.27 bits per heavy atom. The van der Waals surface area contributed by atoms with Gasteiger partial charge in [-0.25, -0.2) is 0 Å². The Morgan fingerprint density at radius 3 is 2.82 bits per heavy atom. The first-order valence-corrected chi connectivity index (χ1v) is 5.74. The minimum absolute atomic E-state index is 0.0200. The molecule has 1 aliphatic rings. The molecule has 2 heteroatoms. The van der Waals surface area contributed by atoms with Crippen molar-refractivity contribution < 1.29 is 5.11 Å². The monoisotopic (exact) mass is 174 g/mol. The summed E-state index contributed by atoms with van der Waals surface area (Å²) in [5, 5.41) is 9.25. The fraction of sp³-hybridized carbons (Fsp3) is 1.00. The molecule has 0 aromatic rings. The normalized spacial score (nSPS) is 31.1. The highest BCUT2D eigenvalue weighted by Gasteiger charge is 2.21. The van der Waals surface area contributed by atoms with E-state index in [-0.39, 0.29) is 6.10 Å². The molecule has 1 aliphatic carbocycles. The molecule has 2 atom stereocenters. The second-order valence-corrected chi connectivity index (χ2v) is 4.71. The van der Waals surface area contributed by atoms with Gasteiger partial charge in [-0.15, -0.1) is 0 Å². The molecule has 0 amide bonds. The lowest BCUT2D eigenvalue weighted by Crippen LogP contribution is -2.01. The Balaban J connectivity index is 1.99. The van der Waals surface area contributed by atoms with Gasteiger partial charge in [0.25, 0.3) is 0 Å². The van der Waals surface area contributed by atoms with Crippen molar-refractivity contribution in [1.29, 1.82) is 0 Å². The molecule has 1 fully saturated rings. The standard InChI is InChI=1S/C9H18OS/c1-2-11-6-5-8-3-4-9(10)7-8/h8-10H,2-7H2,1H3. The van der Waals surface area contributed by atoms with Gasteiger partial charge in [0.15, 0.2) is 0 Å². The average molecular weight is 174 g/mol. The highest BCUT2D eigenvalue weighted by molar-refractivity contribution is 7.99. The number of rotatable bonds is 4. The largest absolute Gasteiger partial charge is 0.393 e. The van der Waals surface area contributed by atoms with Crippen LogP contribution >= 0.6 is 11.8 Å². The van der Waals surface area contributed by atoms with Gasteiger partial charge in [0.1, 0.15) is 0 Å². The van der Waals surface area contributed by atoms with Crippen LogP contribution in [0.25, 0.3) is 0 Å². The third kappa shape index (κ3) is 3.48. The van der Waals surface area contributed by atoms with Crippen molar-refractivity contribution in [3.63, 3.8) is 0 Å². The Bertz CT molecular complexity index is 106. The van der Waals surface area contributed by atoms with Crippen LogP contribution in [-0.4, -0.2) is 22.7 Å². The third-order valence-corrected chi connectivity index (χ3v) is 3.32. The first-order valence-electron chi connectivity index (χ1n) is 4.58. The van der Waals surface area contributed by atoms with Crippen LogP contribution in [0.1, 0.15) is 32.6 Å². The van der Waals surface area contributed by atoms with Gasteiger partial charge in [-0.2, -0.15) is 11.8 Å². The van der Waals surface area contributed by atoms with Gasteiger partial charge in [0, 0.05) is 0 Å². The molecule has 0 bridgehead atoms. The Labute approximate surface area is 73.6 Å². The van der Waals surface area contributed by atoms with E-state index in [1.54, 1.807) is 0 Å². The Kier molecular flexibility index (Phi) is 4.31. The molecule has 11 heavy (non-hydrogen) atoms. The van der Waals surface area contributed by atoms with E-state index in [9.17, 15) is 5.11 Å². The zero-order chi connectivity index (χ0) is 8.10. The second-order valence-electron chi connectivity index (χ2n) is 3.32. The lowest BCUT2D eigenvalue weighted by atomic mass is 10.1. The number of aliphatic hydroxyl groups is 1. The summed E-state index contributed by atoms with van der Waals surface area (Å²) in [5.74, 6) is 3.34. The zero-order valence-corrected chi connectivity index (χ0v) is 8.07. The molecular formula is C9H18OS. The van der Waals surface area contributed by atoms with E-state index in [1.165, 1.54) is 24.3 Å². The third-order valence-electron chi connectivity index (χ3n) is 2.39. The number of aliphatic hydroxyl groups excluding tert-OH is 1. The molecule has 1 rings (SSSR count). The van der Waals surface area contributed by atoms with Gasteiger partial charge in [0.2, 0.25) is 0 Å². The maximum Gasteiger partial charge on any atom is 0.0543 e. The molecule has 0 spiro atoms. The van der Waals surface area contributed by atoms with Crippen LogP contribution in [-0.2, 0) is 0 Å². The molecule has 1 saturated carbocycles. The molecule has 0 aliphatic heterocycles. The Morgan fingerprint density at radius 1 is 1.45 bits per heavy atom. The Hall–Kier alpha value is 0.310. The summed E-state index contributed by atoms with van der Waals surface area (Å²) in [6.45, 7) is 2.20. The molecular weight excluding hydrogens is 156 g/mol. The molecule has 0 aromatic heterocycles. The van der Waals surface area contributed by atoms with Crippen LogP contribution in [0, 0.1) is 5.92 Å². The van der Waals surface area contributed by atoms with Crippen molar-refractivity contribution in [2.45, 2.75) is 38.7 Å². The van der Waals surface area contributed by atoms with Gasteiger partial charge in [-0.1, -0.05) is 6.92 Å². The number of hydrogen-bond acceptors (Lipinski definition) is 2. The van der Waals surface area contributed by atoms with Crippen molar-refractivity contribution in [1.82, 2.24) is 0 Å². The topological polar surface area (TPSA) is 20.2 Å². The second kappa shape index (κ2) is 5.04. The van der Waals surface area contributed by atoms with Crippen molar-refractivity contribution in [3.8, 4) is 0 Å². The fourth-order valence-electron chi connectivity index (χ4n) is 1.71. The minimum atomic E-state index is 0.0200. The smallest absolute Gasteiger partial charge is 0.0543 e. The zero-order valence-electron chi connectivity index (χ0n) is 7.25. The van der Waals surface area contributed by atoms with Crippen LogP contribution in [0.15, 0.2) is 0 Å². The van der Waals surface area contributed by atoms with Gasteiger partial charge in [0.05, 0.1) is 6.10 Å². The molecule has 0 saturated heterocycles. The fourth-order valence-corrected chi connectivity index (χ4v) is 2.49. The molecule has 1 nitrogen and oxygen atoms in total. The van der Waals surface area contributed by atoms with Gasteiger partial charge in [-0.05, 0) is 43.1 Å². The van der Waals surface area contributed by atoms with Crippen molar-refractivity contribution in [3.05, 3.63) is 0 Å². The van der Waals surface area contributed by atoms with Crippen molar-refractivity contribution >= 4 is 11.8 Å². The van der Waals surface area contributed by atoms with Crippen LogP contribution in [0.2, 0.25) is 0 Å². The van der Waals surface area contributed by atoms with Crippen LogP contribution in [0.5, 0.6) is 0 Å². The lowest BCUT2D eigenvalue weighted by molar-refractivity contribution is 0.177. The predicted molar refractivity (Wildman–Crippen MR) is 51.0 cm³/mol. The molecule has 66 valence electrons. The van der Waals surface area contributed by atoms with E-state index in [0.717, 1.165) is 18.8 Å². The van der Waals surface area contributed by atoms with E-state index in [1.807, 2.05) is 11.8 Å². The number of thioether (sulfide) groups is 1. The SMILES string of the molecule is CCSCCC1CCC(O)C1. The summed E-state index contributed by atoms with van der Waals surface area (Å²) in [4.78, 5) is 0. The summed E-state index contributed by atoms with van der Waals surface area (Å²) in [5.41, 5.74) is 0. The lowest BCUT2D eigenvalue weighted by Gasteiger charge is -2.06. The maximum absolute atomic E-state index is 9.25. The van der Waals surface area contributed by atoms with E-state index >= 15 is 0 Å². The van der Waals surface area contributed by atoms with E-state index in [0.29, 0.717) is 0 Å². The molecule has 2 unspecified atom stereocenters.